The second kappa shape index (κ2) is 9.98. The van der Waals surface area contributed by atoms with Gasteiger partial charge in [-0.2, -0.15) is 0 Å². The maximum absolute atomic E-state index is 5.79. The van der Waals surface area contributed by atoms with Gasteiger partial charge in [-0.05, 0) is 96.7 Å². The Hall–Kier alpha value is -2.54. The summed E-state index contributed by atoms with van der Waals surface area (Å²) in [5.41, 5.74) is 13.8. The number of aryl methyl sites for hydroxylation is 1. The zero-order valence-electron chi connectivity index (χ0n) is 18.3. The normalized spacial score (nSPS) is 19.0. The Morgan fingerprint density at radius 1 is 0.667 bits per heavy atom. The molecule has 3 aromatic carbocycles. The van der Waals surface area contributed by atoms with E-state index < -0.39 is 0 Å². The first-order valence-electron chi connectivity index (χ1n) is 11.7. The maximum atomic E-state index is 5.79. The lowest BCUT2D eigenvalue weighted by Crippen LogP contribution is -2.15. The molecule has 1 aliphatic rings. The third kappa shape index (κ3) is 5.53. The highest BCUT2D eigenvalue weighted by Gasteiger charge is 2.22. The third-order valence-electron chi connectivity index (χ3n) is 6.77. The van der Waals surface area contributed by atoms with Crippen LogP contribution in [0.25, 0.3) is 0 Å². The number of hydrogen-bond acceptors (Lipinski definition) is 1. The van der Waals surface area contributed by atoms with Crippen LogP contribution in [0, 0.1) is 5.92 Å². The molecule has 0 radical (unpaired) electrons. The first kappa shape index (κ1) is 20.7. The Bertz CT molecular complexity index is 898. The lowest BCUT2D eigenvalue weighted by Gasteiger charge is -2.29. The van der Waals surface area contributed by atoms with Crippen LogP contribution in [0.15, 0.2) is 72.8 Å². The second-order valence-electron chi connectivity index (χ2n) is 9.15. The minimum absolute atomic E-state index is 0.735. The highest BCUT2D eigenvalue weighted by molar-refractivity contribution is 5.41. The Labute approximate surface area is 182 Å². The molecule has 0 spiro atoms. The highest BCUT2D eigenvalue weighted by atomic mass is 14.5. The number of nitrogens with two attached hydrogens (primary N) is 1. The molecule has 0 bridgehead atoms. The van der Waals surface area contributed by atoms with Gasteiger partial charge in [0.1, 0.15) is 0 Å². The molecule has 4 rings (SSSR count). The van der Waals surface area contributed by atoms with Crippen LogP contribution in [0.5, 0.6) is 0 Å². The van der Waals surface area contributed by atoms with E-state index in [-0.39, 0.29) is 0 Å². The molecule has 1 heteroatoms. The molecule has 0 aliphatic heterocycles. The predicted octanol–water partition coefficient (Wildman–Crippen LogP) is 7.33. The zero-order valence-corrected chi connectivity index (χ0v) is 18.3. The van der Waals surface area contributed by atoms with E-state index in [9.17, 15) is 0 Å². The summed E-state index contributed by atoms with van der Waals surface area (Å²) in [7, 11) is 0. The van der Waals surface area contributed by atoms with Crippen LogP contribution < -0.4 is 5.73 Å². The lowest BCUT2D eigenvalue weighted by molar-refractivity contribution is 0.324. The van der Waals surface area contributed by atoms with Gasteiger partial charge in [0.15, 0.2) is 0 Å². The van der Waals surface area contributed by atoms with E-state index >= 15 is 0 Å². The number of nitrogen functional groups attached to an aromatic ring is 1. The topological polar surface area (TPSA) is 26.0 Å². The molecule has 0 atom stereocenters. The largest absolute Gasteiger partial charge is 0.399 e. The smallest absolute Gasteiger partial charge is 0.0314 e. The van der Waals surface area contributed by atoms with E-state index in [2.05, 4.69) is 67.6 Å². The van der Waals surface area contributed by atoms with Gasteiger partial charge in [0.05, 0.1) is 0 Å². The van der Waals surface area contributed by atoms with Gasteiger partial charge in [-0.1, -0.05) is 74.0 Å². The van der Waals surface area contributed by atoms with Gasteiger partial charge < -0.3 is 5.73 Å². The fraction of sp³-hybridized carbons (Fsp3) is 0.379. The summed E-state index contributed by atoms with van der Waals surface area (Å²) in [6.07, 6.45) is 10.0. The number of benzene rings is 3. The maximum Gasteiger partial charge on any atom is 0.0314 e. The van der Waals surface area contributed by atoms with Crippen molar-refractivity contribution in [3.05, 3.63) is 101 Å². The molecule has 30 heavy (non-hydrogen) atoms. The molecular formula is C29H35N. The Morgan fingerprint density at radius 2 is 1.20 bits per heavy atom. The van der Waals surface area contributed by atoms with E-state index in [1.54, 1.807) is 0 Å². The SMILES string of the molecule is CCCc1ccc(CC2CCC(c3ccc(Cc4ccc(N)cc4)cc3)CC2)cc1. The van der Waals surface area contributed by atoms with Crippen molar-refractivity contribution in [2.45, 2.75) is 64.2 Å². The number of hydrogen-bond donors (Lipinski definition) is 1. The molecule has 0 amide bonds. The molecule has 1 aliphatic carbocycles. The average Bonchev–Trinajstić information content (AvgIpc) is 2.78. The fourth-order valence-electron chi connectivity index (χ4n) is 4.94. The molecule has 156 valence electrons. The minimum Gasteiger partial charge on any atom is -0.399 e. The summed E-state index contributed by atoms with van der Waals surface area (Å²) in [5.74, 6) is 1.59. The van der Waals surface area contributed by atoms with Gasteiger partial charge in [0.25, 0.3) is 0 Å². The predicted molar refractivity (Wildman–Crippen MR) is 129 cm³/mol. The Balaban J connectivity index is 1.27. The van der Waals surface area contributed by atoms with Crippen molar-refractivity contribution >= 4 is 5.69 Å². The lowest BCUT2D eigenvalue weighted by atomic mass is 9.76. The molecule has 3 aromatic rings. The number of rotatable bonds is 7. The van der Waals surface area contributed by atoms with Gasteiger partial charge in [-0.25, -0.2) is 0 Å². The summed E-state index contributed by atoms with van der Waals surface area (Å²) in [5, 5.41) is 0. The van der Waals surface area contributed by atoms with E-state index in [1.807, 2.05) is 12.1 Å². The summed E-state index contributed by atoms with van der Waals surface area (Å²) < 4.78 is 0. The summed E-state index contributed by atoms with van der Waals surface area (Å²) in [6.45, 7) is 2.25. The first-order valence-corrected chi connectivity index (χ1v) is 11.7. The van der Waals surface area contributed by atoms with Crippen LogP contribution >= 0.6 is 0 Å². The van der Waals surface area contributed by atoms with Crippen LogP contribution in [-0.2, 0) is 19.3 Å². The first-order chi connectivity index (χ1) is 14.7. The Kier molecular flexibility index (Phi) is 6.89. The van der Waals surface area contributed by atoms with E-state index in [0.29, 0.717) is 0 Å². The van der Waals surface area contributed by atoms with Crippen molar-refractivity contribution in [2.24, 2.45) is 5.92 Å². The van der Waals surface area contributed by atoms with Crippen molar-refractivity contribution < 1.29 is 0 Å². The quantitative estimate of drug-likeness (QED) is 0.415. The van der Waals surface area contributed by atoms with Crippen LogP contribution in [0.1, 0.15) is 72.8 Å². The van der Waals surface area contributed by atoms with Crippen molar-refractivity contribution in [3.63, 3.8) is 0 Å². The molecule has 0 heterocycles. The fourth-order valence-corrected chi connectivity index (χ4v) is 4.94. The molecule has 0 saturated heterocycles. The van der Waals surface area contributed by atoms with Crippen LogP contribution in [0.3, 0.4) is 0 Å². The van der Waals surface area contributed by atoms with Crippen molar-refractivity contribution in [3.8, 4) is 0 Å². The summed E-state index contributed by atoms with van der Waals surface area (Å²) in [4.78, 5) is 0. The van der Waals surface area contributed by atoms with Crippen LogP contribution in [0.2, 0.25) is 0 Å². The number of anilines is 1. The van der Waals surface area contributed by atoms with Gasteiger partial charge in [-0.15, -0.1) is 0 Å². The summed E-state index contributed by atoms with van der Waals surface area (Å²) in [6, 6.07) is 27.0. The average molecular weight is 398 g/mol. The molecule has 1 fully saturated rings. The highest BCUT2D eigenvalue weighted by Crippen LogP contribution is 2.37. The van der Waals surface area contributed by atoms with Crippen molar-refractivity contribution in [2.75, 3.05) is 5.73 Å². The van der Waals surface area contributed by atoms with Gasteiger partial charge in [-0.3, -0.25) is 0 Å². The minimum atomic E-state index is 0.735. The van der Waals surface area contributed by atoms with Crippen molar-refractivity contribution in [1.82, 2.24) is 0 Å². The Morgan fingerprint density at radius 3 is 1.80 bits per heavy atom. The monoisotopic (exact) mass is 397 g/mol. The summed E-state index contributed by atoms with van der Waals surface area (Å²) >= 11 is 0. The van der Waals surface area contributed by atoms with E-state index in [1.165, 1.54) is 72.8 Å². The van der Waals surface area contributed by atoms with E-state index in [0.717, 1.165) is 23.9 Å². The van der Waals surface area contributed by atoms with E-state index in [4.69, 9.17) is 5.73 Å². The van der Waals surface area contributed by atoms with Crippen LogP contribution in [0.4, 0.5) is 5.69 Å². The molecular weight excluding hydrogens is 362 g/mol. The van der Waals surface area contributed by atoms with Crippen molar-refractivity contribution in [1.29, 1.82) is 0 Å². The van der Waals surface area contributed by atoms with Gasteiger partial charge in [0, 0.05) is 5.69 Å². The molecule has 0 aromatic heterocycles. The molecule has 1 saturated carbocycles. The standard InChI is InChI=1S/C29H35N/c1-2-3-22-4-6-23(7-5-22)20-24-8-14-27(15-9-24)28-16-10-25(11-17-28)21-26-12-18-29(30)19-13-26/h4-7,10-13,16-19,24,27H,2-3,8-9,14-15,20-21,30H2,1H3. The second-order valence-corrected chi connectivity index (χ2v) is 9.15. The van der Waals surface area contributed by atoms with Crippen LogP contribution in [-0.4, -0.2) is 0 Å². The molecule has 2 N–H and O–H groups in total. The molecule has 0 unspecified atom stereocenters. The molecule has 1 nitrogen and oxygen atoms in total. The van der Waals surface area contributed by atoms with Gasteiger partial charge >= 0.3 is 0 Å². The third-order valence-corrected chi connectivity index (χ3v) is 6.77. The van der Waals surface area contributed by atoms with Gasteiger partial charge in [0.2, 0.25) is 0 Å². The zero-order chi connectivity index (χ0) is 20.8.